The van der Waals surface area contributed by atoms with Crippen LogP contribution in [0.15, 0.2) is 24.3 Å². The topological polar surface area (TPSA) is 64.9 Å². The number of benzene rings is 1. The van der Waals surface area contributed by atoms with E-state index in [0.717, 1.165) is 6.42 Å². The number of carbonyl (C=O) groups excluding carboxylic acids is 1. The number of amides is 1. The lowest BCUT2D eigenvalue weighted by molar-refractivity contribution is 0.0934. The van der Waals surface area contributed by atoms with Crippen molar-refractivity contribution >= 4 is 5.91 Å². The predicted octanol–water partition coefficient (Wildman–Crippen LogP) is 1.40. The van der Waals surface area contributed by atoms with E-state index in [4.69, 9.17) is 5.26 Å². The van der Waals surface area contributed by atoms with Gasteiger partial charge in [-0.1, -0.05) is 19.1 Å². The number of carbonyl (C=O) groups is 1. The Kier molecular flexibility index (Phi) is 5.03. The molecule has 0 atom stereocenters. The van der Waals surface area contributed by atoms with Crippen molar-refractivity contribution in [1.82, 2.24) is 10.9 Å². The van der Waals surface area contributed by atoms with Crippen molar-refractivity contribution in [2.75, 3.05) is 6.54 Å². The molecule has 1 rings (SSSR count). The van der Waals surface area contributed by atoms with Crippen LogP contribution in [0.1, 0.15) is 29.3 Å². The summed E-state index contributed by atoms with van der Waals surface area (Å²) in [7, 11) is 0. The van der Waals surface area contributed by atoms with Crippen molar-refractivity contribution in [2.45, 2.75) is 19.8 Å². The summed E-state index contributed by atoms with van der Waals surface area (Å²) in [5, 5.41) is 8.30. The fourth-order valence-corrected chi connectivity index (χ4v) is 1.23. The fraction of sp³-hybridized carbons (Fsp3) is 0.333. The zero-order valence-corrected chi connectivity index (χ0v) is 9.29. The molecule has 4 heteroatoms. The Bertz CT molecular complexity index is 378. The molecule has 0 heterocycles. The van der Waals surface area contributed by atoms with Gasteiger partial charge in [-0.2, -0.15) is 5.26 Å². The maximum atomic E-state index is 11.6. The van der Waals surface area contributed by atoms with Gasteiger partial charge in [0.1, 0.15) is 0 Å². The van der Waals surface area contributed by atoms with E-state index in [2.05, 4.69) is 17.8 Å². The van der Waals surface area contributed by atoms with Gasteiger partial charge < -0.3 is 0 Å². The van der Waals surface area contributed by atoms with Crippen LogP contribution < -0.4 is 10.9 Å². The minimum Gasteiger partial charge on any atom is -0.287 e. The Morgan fingerprint density at radius 2 is 2.06 bits per heavy atom. The van der Waals surface area contributed by atoms with Crippen LogP contribution in [-0.4, -0.2) is 12.5 Å². The number of nitriles is 1. The summed E-state index contributed by atoms with van der Waals surface area (Å²) in [6, 6.07) is 9.44. The van der Waals surface area contributed by atoms with Gasteiger partial charge in [0, 0.05) is 18.5 Å². The van der Waals surface area contributed by atoms with E-state index in [1.54, 1.807) is 12.1 Å². The molecule has 16 heavy (non-hydrogen) atoms. The highest BCUT2D eigenvalue weighted by Crippen LogP contribution is 2.04. The van der Waals surface area contributed by atoms with Gasteiger partial charge in [-0.15, -0.1) is 0 Å². The van der Waals surface area contributed by atoms with E-state index in [9.17, 15) is 4.79 Å². The fourth-order valence-electron chi connectivity index (χ4n) is 1.23. The molecule has 0 aromatic heterocycles. The van der Waals surface area contributed by atoms with E-state index in [1.165, 1.54) is 5.56 Å². The lowest BCUT2D eigenvalue weighted by Crippen LogP contribution is -2.37. The maximum absolute atomic E-state index is 11.6. The normalized spacial score (nSPS) is 9.50. The van der Waals surface area contributed by atoms with E-state index >= 15 is 0 Å². The summed E-state index contributed by atoms with van der Waals surface area (Å²) in [5.74, 6) is -0.180. The summed E-state index contributed by atoms with van der Waals surface area (Å²) in [6.45, 7) is 2.52. The summed E-state index contributed by atoms with van der Waals surface area (Å²) in [4.78, 5) is 11.6. The van der Waals surface area contributed by atoms with Crippen LogP contribution in [0.5, 0.6) is 0 Å². The quantitative estimate of drug-likeness (QED) is 0.578. The van der Waals surface area contributed by atoms with Crippen molar-refractivity contribution < 1.29 is 4.79 Å². The number of nitrogens with zero attached hydrogens (tertiary/aromatic N) is 1. The average Bonchev–Trinajstić information content (AvgIpc) is 2.34. The second kappa shape index (κ2) is 6.59. The highest BCUT2D eigenvalue weighted by molar-refractivity contribution is 5.93. The lowest BCUT2D eigenvalue weighted by atomic mass is 10.1. The van der Waals surface area contributed by atoms with Gasteiger partial charge in [-0.3, -0.25) is 10.2 Å². The van der Waals surface area contributed by atoms with Gasteiger partial charge in [0.15, 0.2) is 0 Å². The molecule has 1 aromatic rings. The molecule has 0 fully saturated rings. The Balaban J connectivity index is 2.44. The third-order valence-corrected chi connectivity index (χ3v) is 2.19. The minimum absolute atomic E-state index is 0.180. The first-order valence-corrected chi connectivity index (χ1v) is 5.27. The zero-order valence-electron chi connectivity index (χ0n) is 9.29. The van der Waals surface area contributed by atoms with Gasteiger partial charge >= 0.3 is 0 Å². The first-order chi connectivity index (χ1) is 7.77. The lowest BCUT2D eigenvalue weighted by Gasteiger charge is -2.05. The van der Waals surface area contributed by atoms with Crippen molar-refractivity contribution in [2.24, 2.45) is 0 Å². The van der Waals surface area contributed by atoms with Crippen LogP contribution in [0.25, 0.3) is 0 Å². The number of hydrazine groups is 1. The van der Waals surface area contributed by atoms with E-state index < -0.39 is 0 Å². The van der Waals surface area contributed by atoms with Gasteiger partial charge in [-0.05, 0) is 24.1 Å². The predicted molar refractivity (Wildman–Crippen MR) is 61.5 cm³/mol. The van der Waals surface area contributed by atoms with Crippen molar-refractivity contribution in [1.29, 1.82) is 5.26 Å². The molecule has 0 saturated heterocycles. The molecule has 0 saturated carbocycles. The number of aryl methyl sites for hydroxylation is 1. The molecule has 0 aliphatic heterocycles. The first kappa shape index (κ1) is 12.2. The Hall–Kier alpha value is -1.86. The average molecular weight is 217 g/mol. The summed E-state index contributed by atoms with van der Waals surface area (Å²) < 4.78 is 0. The standard InChI is InChI=1S/C12H15N3O/c1-2-10-4-6-11(7-5-10)12(16)15-14-9-3-8-13/h4-7,14H,2-3,9H2,1H3,(H,15,16). The van der Waals surface area contributed by atoms with Gasteiger partial charge in [0.2, 0.25) is 0 Å². The van der Waals surface area contributed by atoms with E-state index in [0.29, 0.717) is 18.5 Å². The summed E-state index contributed by atoms with van der Waals surface area (Å²) >= 11 is 0. The van der Waals surface area contributed by atoms with Gasteiger partial charge in [0.25, 0.3) is 5.91 Å². The van der Waals surface area contributed by atoms with Gasteiger partial charge in [0.05, 0.1) is 6.07 Å². The number of hydrogen-bond acceptors (Lipinski definition) is 3. The second-order valence-corrected chi connectivity index (χ2v) is 3.34. The Morgan fingerprint density at radius 1 is 1.38 bits per heavy atom. The van der Waals surface area contributed by atoms with Crippen LogP contribution in [0, 0.1) is 11.3 Å². The smallest absolute Gasteiger partial charge is 0.265 e. The second-order valence-electron chi connectivity index (χ2n) is 3.34. The van der Waals surface area contributed by atoms with Crippen molar-refractivity contribution in [3.8, 4) is 6.07 Å². The van der Waals surface area contributed by atoms with E-state index in [-0.39, 0.29) is 5.91 Å². The molecule has 1 aromatic carbocycles. The molecule has 0 aliphatic rings. The molecule has 0 bridgehead atoms. The van der Waals surface area contributed by atoms with Crippen LogP contribution in [-0.2, 0) is 6.42 Å². The molecular weight excluding hydrogens is 202 g/mol. The highest BCUT2D eigenvalue weighted by Gasteiger charge is 2.03. The zero-order chi connectivity index (χ0) is 11.8. The molecule has 2 N–H and O–H groups in total. The monoisotopic (exact) mass is 217 g/mol. The SMILES string of the molecule is CCc1ccc(C(=O)NNCCC#N)cc1. The number of hydrogen-bond donors (Lipinski definition) is 2. The molecule has 1 amide bonds. The minimum atomic E-state index is -0.180. The molecule has 0 unspecified atom stereocenters. The molecule has 0 spiro atoms. The molecule has 0 aliphatic carbocycles. The molecule has 0 radical (unpaired) electrons. The third kappa shape index (κ3) is 3.71. The highest BCUT2D eigenvalue weighted by atomic mass is 16.2. The Morgan fingerprint density at radius 3 is 2.62 bits per heavy atom. The Labute approximate surface area is 95.2 Å². The number of rotatable bonds is 5. The maximum Gasteiger partial charge on any atom is 0.265 e. The largest absolute Gasteiger partial charge is 0.287 e. The molecule has 4 nitrogen and oxygen atoms in total. The van der Waals surface area contributed by atoms with Crippen LogP contribution in [0.3, 0.4) is 0 Å². The molecular formula is C12H15N3O. The summed E-state index contributed by atoms with van der Waals surface area (Å²) in [5.41, 5.74) is 7.04. The van der Waals surface area contributed by atoms with Crippen LogP contribution in [0.4, 0.5) is 0 Å². The van der Waals surface area contributed by atoms with Crippen LogP contribution in [0.2, 0.25) is 0 Å². The van der Waals surface area contributed by atoms with Crippen molar-refractivity contribution in [3.05, 3.63) is 35.4 Å². The molecule has 84 valence electrons. The first-order valence-electron chi connectivity index (χ1n) is 5.27. The van der Waals surface area contributed by atoms with Crippen LogP contribution >= 0.6 is 0 Å². The summed E-state index contributed by atoms with van der Waals surface area (Å²) in [6.07, 6.45) is 1.33. The van der Waals surface area contributed by atoms with Gasteiger partial charge in [-0.25, -0.2) is 5.43 Å². The van der Waals surface area contributed by atoms with E-state index in [1.807, 2.05) is 18.2 Å². The third-order valence-electron chi connectivity index (χ3n) is 2.19. The number of nitrogens with one attached hydrogen (secondary N) is 2. The van der Waals surface area contributed by atoms with Crippen molar-refractivity contribution in [3.63, 3.8) is 0 Å².